The minimum Gasteiger partial charge on any atom is -0.378 e. The Morgan fingerprint density at radius 3 is 2.84 bits per heavy atom. The normalized spacial score (nSPS) is 17.7. The lowest BCUT2D eigenvalue weighted by Crippen LogP contribution is -2.45. The van der Waals surface area contributed by atoms with Crippen LogP contribution in [0, 0.1) is 0 Å². The number of ether oxygens (including phenoxy) is 1. The van der Waals surface area contributed by atoms with Gasteiger partial charge in [-0.3, -0.25) is 19.4 Å². The van der Waals surface area contributed by atoms with E-state index in [1.165, 1.54) is 0 Å². The van der Waals surface area contributed by atoms with Gasteiger partial charge in [0.15, 0.2) is 5.65 Å². The fourth-order valence-corrected chi connectivity index (χ4v) is 5.91. The van der Waals surface area contributed by atoms with Gasteiger partial charge in [0, 0.05) is 67.8 Å². The topological polar surface area (TPSA) is 125 Å². The largest absolute Gasteiger partial charge is 0.378 e. The molecule has 38 heavy (non-hydrogen) atoms. The molecule has 11 heteroatoms. The zero-order chi connectivity index (χ0) is 26.4. The summed E-state index contributed by atoms with van der Waals surface area (Å²) in [6.45, 7) is 7.11. The molecule has 4 aromatic heterocycles. The lowest BCUT2D eigenvalue weighted by molar-refractivity contribution is 0.0684. The highest BCUT2D eigenvalue weighted by molar-refractivity contribution is 5.95. The molecule has 0 radical (unpaired) electrons. The highest BCUT2D eigenvalue weighted by Crippen LogP contribution is 2.33. The number of aromatic nitrogens is 6. The summed E-state index contributed by atoms with van der Waals surface area (Å²) in [6.07, 6.45) is 5.06. The number of anilines is 1. The maximum Gasteiger partial charge on any atom is 0.327 e. The molecular weight excluding hydrogens is 484 g/mol. The van der Waals surface area contributed by atoms with Crippen molar-refractivity contribution in [2.24, 2.45) is 0 Å². The number of piperidine rings is 1. The Morgan fingerprint density at radius 2 is 2.05 bits per heavy atom. The van der Waals surface area contributed by atoms with E-state index in [0.29, 0.717) is 30.9 Å². The SMILES string of the molecule is COCc1cc(C(=O)N2Cc3cn[nH]c3C(C)(C)C2)cc(N2CCC(n3c(=O)[nH]c4ncccc43)CC2)n1. The molecule has 0 atom stereocenters. The smallest absolute Gasteiger partial charge is 0.327 e. The number of methoxy groups -OCH3 is 1. The number of nitrogens with zero attached hydrogens (tertiary/aromatic N) is 6. The van der Waals surface area contributed by atoms with Crippen molar-refractivity contribution in [1.29, 1.82) is 0 Å². The number of hydrogen-bond acceptors (Lipinski definition) is 7. The summed E-state index contributed by atoms with van der Waals surface area (Å²) in [4.78, 5) is 42.4. The number of fused-ring (bicyclic) bond motifs is 2. The summed E-state index contributed by atoms with van der Waals surface area (Å²) in [6, 6.07) is 7.57. The van der Waals surface area contributed by atoms with Crippen LogP contribution in [-0.4, -0.2) is 67.3 Å². The van der Waals surface area contributed by atoms with E-state index < -0.39 is 0 Å². The van der Waals surface area contributed by atoms with Crippen molar-refractivity contribution < 1.29 is 9.53 Å². The van der Waals surface area contributed by atoms with Crippen LogP contribution in [0.25, 0.3) is 11.2 Å². The van der Waals surface area contributed by atoms with Crippen molar-refractivity contribution >= 4 is 22.9 Å². The first-order valence-electron chi connectivity index (χ1n) is 13.0. The molecule has 2 N–H and O–H groups in total. The average molecular weight is 517 g/mol. The van der Waals surface area contributed by atoms with E-state index in [2.05, 4.69) is 38.9 Å². The third-order valence-corrected chi connectivity index (χ3v) is 7.68. The molecule has 0 spiro atoms. The maximum atomic E-state index is 13.7. The second-order valence-electron chi connectivity index (χ2n) is 10.8. The van der Waals surface area contributed by atoms with Crippen molar-refractivity contribution in [1.82, 2.24) is 34.6 Å². The molecule has 0 aliphatic carbocycles. The molecule has 0 unspecified atom stereocenters. The molecular formula is C27H32N8O3. The van der Waals surface area contributed by atoms with Gasteiger partial charge >= 0.3 is 5.69 Å². The first-order valence-corrected chi connectivity index (χ1v) is 13.0. The lowest BCUT2D eigenvalue weighted by Gasteiger charge is -2.38. The van der Waals surface area contributed by atoms with Gasteiger partial charge in [0.1, 0.15) is 5.82 Å². The lowest BCUT2D eigenvalue weighted by atomic mass is 9.83. The van der Waals surface area contributed by atoms with E-state index in [-0.39, 0.29) is 23.1 Å². The van der Waals surface area contributed by atoms with Gasteiger partial charge in [0.25, 0.3) is 5.91 Å². The minimum atomic E-state index is -0.219. The monoisotopic (exact) mass is 516 g/mol. The summed E-state index contributed by atoms with van der Waals surface area (Å²) in [5, 5.41) is 7.31. The predicted octanol–water partition coefficient (Wildman–Crippen LogP) is 2.76. The number of hydrogen-bond donors (Lipinski definition) is 2. The molecule has 2 aliphatic heterocycles. The van der Waals surface area contributed by atoms with Crippen LogP contribution in [0.15, 0.2) is 41.5 Å². The molecule has 6 heterocycles. The average Bonchev–Trinajstić information content (AvgIpc) is 3.52. The molecule has 198 valence electrons. The predicted molar refractivity (Wildman–Crippen MR) is 142 cm³/mol. The molecule has 1 saturated heterocycles. The number of carbonyl (C=O) groups is 1. The highest BCUT2D eigenvalue weighted by atomic mass is 16.5. The van der Waals surface area contributed by atoms with Crippen molar-refractivity contribution in [3.8, 4) is 0 Å². The molecule has 1 fully saturated rings. The van der Waals surface area contributed by atoms with Gasteiger partial charge in [0.2, 0.25) is 0 Å². The maximum absolute atomic E-state index is 13.7. The molecule has 0 bridgehead atoms. The third-order valence-electron chi connectivity index (χ3n) is 7.68. The first kappa shape index (κ1) is 24.4. The summed E-state index contributed by atoms with van der Waals surface area (Å²) < 4.78 is 7.20. The Balaban J connectivity index is 1.24. The van der Waals surface area contributed by atoms with Gasteiger partial charge in [-0.15, -0.1) is 0 Å². The Hall–Kier alpha value is -3.99. The zero-order valence-electron chi connectivity index (χ0n) is 21.9. The number of carbonyl (C=O) groups excluding carboxylic acids is 1. The van der Waals surface area contributed by atoms with Gasteiger partial charge in [-0.05, 0) is 37.1 Å². The fourth-order valence-electron chi connectivity index (χ4n) is 5.91. The molecule has 0 saturated carbocycles. The van der Waals surface area contributed by atoms with Gasteiger partial charge < -0.3 is 14.5 Å². The van der Waals surface area contributed by atoms with E-state index in [9.17, 15) is 9.59 Å². The van der Waals surface area contributed by atoms with Crippen molar-refractivity contribution in [2.45, 2.75) is 51.3 Å². The van der Waals surface area contributed by atoms with Crippen LogP contribution in [-0.2, 0) is 23.3 Å². The Bertz CT molecular complexity index is 1540. The van der Waals surface area contributed by atoms with Crippen molar-refractivity contribution in [2.75, 3.05) is 31.6 Å². The Morgan fingerprint density at radius 1 is 1.24 bits per heavy atom. The van der Waals surface area contributed by atoms with Crippen LogP contribution < -0.4 is 10.6 Å². The van der Waals surface area contributed by atoms with E-state index in [0.717, 1.165) is 54.2 Å². The van der Waals surface area contributed by atoms with Gasteiger partial charge in [-0.1, -0.05) is 13.8 Å². The number of imidazole rings is 1. The van der Waals surface area contributed by atoms with Gasteiger partial charge in [-0.25, -0.2) is 14.8 Å². The molecule has 6 rings (SSSR count). The number of amides is 1. The van der Waals surface area contributed by atoms with Crippen molar-refractivity contribution in [3.63, 3.8) is 0 Å². The Labute approximate surface area is 219 Å². The second kappa shape index (κ2) is 9.39. The fraction of sp³-hybridized carbons (Fsp3) is 0.444. The van der Waals surface area contributed by atoms with E-state index in [1.807, 2.05) is 39.9 Å². The molecule has 2 aliphatic rings. The van der Waals surface area contributed by atoms with E-state index in [4.69, 9.17) is 9.72 Å². The summed E-state index contributed by atoms with van der Waals surface area (Å²) in [5.41, 5.74) is 4.55. The van der Waals surface area contributed by atoms with Gasteiger partial charge in [0.05, 0.1) is 24.0 Å². The number of H-pyrrole nitrogens is 2. The van der Waals surface area contributed by atoms with E-state index in [1.54, 1.807) is 13.3 Å². The van der Waals surface area contributed by atoms with E-state index >= 15 is 0 Å². The second-order valence-corrected chi connectivity index (χ2v) is 10.8. The summed E-state index contributed by atoms with van der Waals surface area (Å²) >= 11 is 0. The number of nitrogens with one attached hydrogen (secondary N) is 2. The Kier molecular flexibility index (Phi) is 6.02. The van der Waals surface area contributed by atoms with Crippen LogP contribution in [0.1, 0.15) is 60.0 Å². The molecule has 11 nitrogen and oxygen atoms in total. The molecule has 1 amide bonds. The standard InChI is InChI=1S/C27H32N8O3/c1-27(2)16-34(14-18-13-29-32-23(18)27)25(36)17-11-19(15-38-3)30-22(12-17)33-9-6-20(7-10-33)35-21-5-4-8-28-24(21)31-26(35)37/h4-5,8,11-13,20H,6-7,9-10,14-16H2,1-3H3,(H,29,32)(H,28,31,37). The number of pyridine rings is 2. The minimum absolute atomic E-state index is 0.0290. The zero-order valence-corrected chi connectivity index (χ0v) is 21.9. The van der Waals surface area contributed by atoms with Crippen LogP contribution in [0.2, 0.25) is 0 Å². The quantitative estimate of drug-likeness (QED) is 0.418. The van der Waals surface area contributed by atoms with Crippen LogP contribution in [0.4, 0.5) is 5.82 Å². The molecule has 4 aromatic rings. The van der Waals surface area contributed by atoms with Crippen LogP contribution >= 0.6 is 0 Å². The highest BCUT2D eigenvalue weighted by Gasteiger charge is 2.36. The van der Waals surface area contributed by atoms with Crippen LogP contribution in [0.3, 0.4) is 0 Å². The number of aromatic amines is 2. The first-order chi connectivity index (χ1) is 18.3. The summed E-state index contributed by atoms with van der Waals surface area (Å²) in [5.74, 6) is 0.730. The molecule has 0 aromatic carbocycles. The van der Waals surface area contributed by atoms with Crippen LogP contribution in [0.5, 0.6) is 0 Å². The van der Waals surface area contributed by atoms with Gasteiger partial charge in [-0.2, -0.15) is 5.10 Å². The third kappa shape index (κ3) is 4.26. The van der Waals surface area contributed by atoms with Crippen molar-refractivity contribution in [3.05, 3.63) is 69.7 Å². The number of rotatable bonds is 5. The summed E-state index contributed by atoms with van der Waals surface area (Å²) in [7, 11) is 1.63.